The average Bonchev–Trinajstić information content (AvgIpc) is 2.87. The molecule has 3 aromatic heterocycles. The molecule has 0 aromatic carbocycles. The molecule has 0 atom stereocenters. The Balaban J connectivity index is 1.21. The van der Waals surface area contributed by atoms with E-state index in [0.29, 0.717) is 29.9 Å². The predicted octanol–water partition coefficient (Wildman–Crippen LogP) is 1.73. The summed E-state index contributed by atoms with van der Waals surface area (Å²) in [5.41, 5.74) is 1.53. The maximum atomic E-state index is 12.6. The van der Waals surface area contributed by atoms with Crippen molar-refractivity contribution >= 4 is 28.6 Å². The number of carbonyl (C=O) groups excluding carboxylic acids is 1. The van der Waals surface area contributed by atoms with Crippen molar-refractivity contribution in [2.24, 2.45) is 0 Å². The van der Waals surface area contributed by atoms with E-state index in [2.05, 4.69) is 25.1 Å². The summed E-state index contributed by atoms with van der Waals surface area (Å²) in [6.45, 7) is 3.27. The van der Waals surface area contributed by atoms with E-state index in [-0.39, 0.29) is 18.1 Å². The Bertz CT molecular complexity index is 1270. The molecule has 0 radical (unpaired) electrons. The molecular formula is C24H28N6O4. The topological polar surface area (TPSA) is 102 Å². The zero-order chi connectivity index (χ0) is 23.7. The first kappa shape index (κ1) is 22.1. The normalized spacial score (nSPS) is 16.6. The molecule has 1 N–H and O–H groups in total. The number of piperidine rings is 1. The fourth-order valence-electron chi connectivity index (χ4n) is 4.60. The van der Waals surface area contributed by atoms with Crippen molar-refractivity contribution in [1.29, 1.82) is 0 Å². The van der Waals surface area contributed by atoms with E-state index in [0.717, 1.165) is 49.3 Å². The molecule has 10 heteroatoms. The van der Waals surface area contributed by atoms with Crippen LogP contribution in [-0.4, -0.2) is 71.8 Å². The number of ether oxygens (including phenoxy) is 2. The Morgan fingerprint density at radius 3 is 2.79 bits per heavy atom. The Morgan fingerprint density at radius 1 is 1.18 bits per heavy atom. The Morgan fingerprint density at radius 2 is 2.00 bits per heavy atom. The van der Waals surface area contributed by atoms with Crippen LogP contribution in [0.5, 0.6) is 11.5 Å². The highest BCUT2D eigenvalue weighted by molar-refractivity contribution is 5.94. The van der Waals surface area contributed by atoms with Crippen molar-refractivity contribution in [2.45, 2.75) is 25.4 Å². The van der Waals surface area contributed by atoms with Gasteiger partial charge in [-0.15, -0.1) is 0 Å². The number of fused-ring (bicyclic) bond motifs is 2. The molecule has 1 amide bonds. The first-order chi connectivity index (χ1) is 16.5. The highest BCUT2D eigenvalue weighted by atomic mass is 16.5. The van der Waals surface area contributed by atoms with E-state index in [1.54, 1.807) is 30.0 Å². The summed E-state index contributed by atoms with van der Waals surface area (Å²) in [7, 11) is 3.63. The Kier molecular flexibility index (Phi) is 6.06. The number of hydrogen-bond acceptors (Lipinski definition) is 8. The van der Waals surface area contributed by atoms with Crippen LogP contribution in [0.4, 0.5) is 11.6 Å². The van der Waals surface area contributed by atoms with Crippen LogP contribution in [0.3, 0.4) is 0 Å². The highest BCUT2D eigenvalue weighted by Crippen LogP contribution is 2.30. The molecule has 0 aliphatic carbocycles. The summed E-state index contributed by atoms with van der Waals surface area (Å²) >= 11 is 0. The lowest BCUT2D eigenvalue weighted by atomic mass is 10.0. The monoisotopic (exact) mass is 464 g/mol. The molecule has 2 aliphatic rings. The third kappa shape index (κ3) is 4.41. The van der Waals surface area contributed by atoms with Gasteiger partial charge in [-0.2, -0.15) is 0 Å². The van der Waals surface area contributed by atoms with Gasteiger partial charge in [0.05, 0.1) is 24.3 Å². The number of aromatic nitrogens is 3. The molecule has 3 aromatic rings. The molecule has 5 heterocycles. The van der Waals surface area contributed by atoms with Crippen LogP contribution in [0.1, 0.15) is 12.8 Å². The lowest BCUT2D eigenvalue weighted by Gasteiger charge is -2.37. The summed E-state index contributed by atoms with van der Waals surface area (Å²) < 4.78 is 12.5. The zero-order valence-corrected chi connectivity index (χ0v) is 19.4. The van der Waals surface area contributed by atoms with Gasteiger partial charge < -0.3 is 29.2 Å². The van der Waals surface area contributed by atoms with Crippen molar-refractivity contribution < 1.29 is 14.3 Å². The van der Waals surface area contributed by atoms with Gasteiger partial charge in [-0.1, -0.05) is 0 Å². The van der Waals surface area contributed by atoms with E-state index in [1.165, 1.54) is 0 Å². The average molecular weight is 465 g/mol. The summed E-state index contributed by atoms with van der Waals surface area (Å²) in [4.78, 5) is 37.7. The van der Waals surface area contributed by atoms with Crippen molar-refractivity contribution in [3.8, 4) is 11.5 Å². The third-order valence-corrected chi connectivity index (χ3v) is 6.61. The highest BCUT2D eigenvalue weighted by Gasteiger charge is 2.25. The molecule has 5 rings (SSSR count). The summed E-state index contributed by atoms with van der Waals surface area (Å²) in [5.74, 6) is 2.34. The molecule has 1 fully saturated rings. The second kappa shape index (κ2) is 9.30. The van der Waals surface area contributed by atoms with Crippen LogP contribution in [0.2, 0.25) is 0 Å². The summed E-state index contributed by atoms with van der Waals surface area (Å²) in [6, 6.07) is 9.32. The van der Waals surface area contributed by atoms with Gasteiger partial charge in [0.15, 0.2) is 18.2 Å². The Labute approximate surface area is 197 Å². The van der Waals surface area contributed by atoms with Gasteiger partial charge in [0.1, 0.15) is 11.6 Å². The van der Waals surface area contributed by atoms with Gasteiger partial charge in [0.25, 0.3) is 11.5 Å². The number of nitrogens with one attached hydrogen (secondary N) is 1. The van der Waals surface area contributed by atoms with E-state index in [9.17, 15) is 9.59 Å². The minimum atomic E-state index is -0.187. The van der Waals surface area contributed by atoms with Crippen LogP contribution in [0, 0.1) is 0 Å². The number of anilines is 2. The molecule has 0 unspecified atom stereocenters. The first-order valence-corrected chi connectivity index (χ1v) is 11.4. The third-order valence-electron chi connectivity index (χ3n) is 6.61. The molecule has 0 bridgehead atoms. The van der Waals surface area contributed by atoms with E-state index in [4.69, 9.17) is 9.47 Å². The molecule has 0 spiro atoms. The fraction of sp³-hybridized carbons (Fsp3) is 0.417. The van der Waals surface area contributed by atoms with Crippen molar-refractivity contribution in [1.82, 2.24) is 19.4 Å². The standard InChI is InChI=1S/C24H28N6O4/c1-28(21-5-4-20-24(26-21)27-22(31)15-34-20)16-7-9-29(10-8-16)11-12-30-19-13-17(33-2)14-25-18(19)3-6-23(30)32/h3-6,13-14,16H,7-12,15H2,1-2H3,(H,26,27,31). The molecule has 10 nitrogen and oxygen atoms in total. The minimum Gasteiger partial charge on any atom is -0.495 e. The number of hydrogen-bond donors (Lipinski definition) is 1. The maximum Gasteiger partial charge on any atom is 0.263 e. The van der Waals surface area contributed by atoms with Crippen LogP contribution in [0.25, 0.3) is 11.0 Å². The molecular weight excluding hydrogens is 436 g/mol. The first-order valence-electron chi connectivity index (χ1n) is 11.4. The van der Waals surface area contributed by atoms with Gasteiger partial charge in [0.2, 0.25) is 0 Å². The Hall–Kier alpha value is -3.66. The second-order valence-corrected chi connectivity index (χ2v) is 8.64. The van der Waals surface area contributed by atoms with Crippen molar-refractivity contribution in [3.05, 3.63) is 46.9 Å². The number of rotatable bonds is 6. The summed E-state index contributed by atoms with van der Waals surface area (Å²) in [5, 5.41) is 2.77. The van der Waals surface area contributed by atoms with Gasteiger partial charge >= 0.3 is 0 Å². The number of nitrogens with zero attached hydrogens (tertiary/aromatic N) is 5. The van der Waals surface area contributed by atoms with E-state index < -0.39 is 0 Å². The number of pyridine rings is 3. The summed E-state index contributed by atoms with van der Waals surface area (Å²) in [6.07, 6.45) is 3.63. The van der Waals surface area contributed by atoms with Crippen LogP contribution in [0.15, 0.2) is 41.3 Å². The second-order valence-electron chi connectivity index (χ2n) is 8.64. The fourth-order valence-corrected chi connectivity index (χ4v) is 4.60. The van der Waals surface area contributed by atoms with Crippen LogP contribution in [-0.2, 0) is 11.3 Å². The zero-order valence-electron chi connectivity index (χ0n) is 19.4. The van der Waals surface area contributed by atoms with Crippen LogP contribution >= 0.6 is 0 Å². The van der Waals surface area contributed by atoms with Gasteiger partial charge in [-0.3, -0.25) is 14.6 Å². The smallest absolute Gasteiger partial charge is 0.263 e. The lowest BCUT2D eigenvalue weighted by Crippen LogP contribution is -2.45. The number of methoxy groups -OCH3 is 1. The quantitative estimate of drug-likeness (QED) is 0.589. The van der Waals surface area contributed by atoms with Gasteiger partial charge in [-0.25, -0.2) is 4.98 Å². The molecule has 34 heavy (non-hydrogen) atoms. The number of amides is 1. The maximum absolute atomic E-state index is 12.6. The molecule has 178 valence electrons. The van der Waals surface area contributed by atoms with Crippen molar-refractivity contribution in [3.63, 3.8) is 0 Å². The van der Waals surface area contributed by atoms with Crippen molar-refractivity contribution in [2.75, 3.05) is 50.6 Å². The molecule has 0 saturated carbocycles. The minimum absolute atomic E-state index is 0.0251. The van der Waals surface area contributed by atoms with Gasteiger partial charge in [-0.05, 0) is 31.0 Å². The number of carbonyl (C=O) groups is 1. The van der Waals surface area contributed by atoms with E-state index in [1.807, 2.05) is 25.2 Å². The molecule has 2 aliphatic heterocycles. The largest absolute Gasteiger partial charge is 0.495 e. The van der Waals surface area contributed by atoms with Gasteiger partial charge in [0, 0.05) is 51.4 Å². The number of likely N-dealkylation sites (tertiary alicyclic amines) is 1. The van der Waals surface area contributed by atoms with Crippen LogP contribution < -0.4 is 25.2 Å². The molecule has 1 saturated heterocycles. The predicted molar refractivity (Wildman–Crippen MR) is 129 cm³/mol. The van der Waals surface area contributed by atoms with E-state index >= 15 is 0 Å². The SMILES string of the molecule is COc1cnc2ccc(=O)n(CCN3CCC(N(C)c4ccc5c(n4)NC(=O)CO5)CC3)c2c1. The lowest BCUT2D eigenvalue weighted by molar-refractivity contribution is -0.118.